The summed E-state index contributed by atoms with van der Waals surface area (Å²) in [6.45, 7) is 2.12. The minimum atomic E-state index is -0.325. The summed E-state index contributed by atoms with van der Waals surface area (Å²) in [6.07, 6.45) is 2.20. The Morgan fingerprint density at radius 3 is 2.70 bits per heavy atom. The van der Waals surface area contributed by atoms with E-state index in [0.29, 0.717) is 23.5 Å². The van der Waals surface area contributed by atoms with Crippen molar-refractivity contribution in [3.8, 4) is 5.75 Å². The van der Waals surface area contributed by atoms with Gasteiger partial charge in [-0.25, -0.2) is 9.97 Å². The van der Waals surface area contributed by atoms with Gasteiger partial charge in [0, 0.05) is 30.6 Å². The van der Waals surface area contributed by atoms with Crippen molar-refractivity contribution >= 4 is 33.8 Å². The van der Waals surface area contributed by atoms with Gasteiger partial charge in [0.25, 0.3) is 5.91 Å². The van der Waals surface area contributed by atoms with Crippen LogP contribution in [0, 0.1) is 0 Å². The maximum Gasteiger partial charge on any atom is 0.289 e. The Bertz CT molecular complexity index is 1230. The van der Waals surface area contributed by atoms with E-state index in [-0.39, 0.29) is 11.7 Å². The number of benzene rings is 2. The van der Waals surface area contributed by atoms with Crippen LogP contribution in [0.2, 0.25) is 0 Å². The van der Waals surface area contributed by atoms with Crippen LogP contribution in [0.4, 0.5) is 5.82 Å². The molecule has 0 aliphatic carbocycles. The highest BCUT2D eigenvalue weighted by Gasteiger charge is 2.24. The number of anilines is 1. The molecule has 152 valence electrons. The van der Waals surface area contributed by atoms with Gasteiger partial charge in [-0.3, -0.25) is 4.79 Å². The van der Waals surface area contributed by atoms with Crippen molar-refractivity contribution in [2.24, 2.45) is 0 Å². The second-order valence-corrected chi connectivity index (χ2v) is 7.34. The Kier molecular flexibility index (Phi) is 4.71. The molecule has 1 amide bonds. The molecule has 0 radical (unpaired) electrons. The molecule has 0 spiro atoms. The van der Waals surface area contributed by atoms with Crippen molar-refractivity contribution < 1.29 is 13.9 Å². The molecule has 2 aromatic heterocycles. The predicted molar refractivity (Wildman–Crippen MR) is 115 cm³/mol. The molecule has 1 fully saturated rings. The minimum absolute atomic E-state index is 0.144. The first kappa shape index (κ1) is 18.4. The number of nitrogens with one attached hydrogen (secondary N) is 1. The summed E-state index contributed by atoms with van der Waals surface area (Å²) < 4.78 is 11.4. The van der Waals surface area contributed by atoms with E-state index in [1.807, 2.05) is 48.5 Å². The zero-order chi connectivity index (χ0) is 20.5. The molecule has 3 heterocycles. The summed E-state index contributed by atoms with van der Waals surface area (Å²) >= 11 is 0. The summed E-state index contributed by atoms with van der Waals surface area (Å²) in [6, 6.07) is 15.3. The number of methoxy groups -OCH3 is 1. The summed E-state index contributed by atoms with van der Waals surface area (Å²) in [7, 11) is 1.62. The van der Waals surface area contributed by atoms with Gasteiger partial charge in [-0.15, -0.1) is 0 Å². The molecule has 30 heavy (non-hydrogen) atoms. The van der Waals surface area contributed by atoms with Gasteiger partial charge in [0.15, 0.2) is 11.4 Å². The maximum atomic E-state index is 13.0. The highest BCUT2D eigenvalue weighted by molar-refractivity contribution is 6.07. The zero-order valence-electron chi connectivity index (χ0n) is 16.7. The van der Waals surface area contributed by atoms with Crippen LogP contribution >= 0.6 is 0 Å². The number of ether oxygens (including phenoxy) is 1. The van der Waals surface area contributed by atoms with E-state index in [1.165, 1.54) is 0 Å². The zero-order valence-corrected chi connectivity index (χ0v) is 16.7. The number of carbonyl (C=O) groups excluding carboxylic acids is 1. The molecule has 0 saturated carbocycles. The number of para-hydroxylation sites is 2. The van der Waals surface area contributed by atoms with Crippen LogP contribution in [0.25, 0.3) is 22.1 Å². The summed E-state index contributed by atoms with van der Waals surface area (Å²) in [4.78, 5) is 24.3. The molecule has 1 N–H and O–H groups in total. The monoisotopic (exact) mass is 402 g/mol. The average molecular weight is 402 g/mol. The normalized spacial score (nSPS) is 13.8. The summed E-state index contributed by atoms with van der Waals surface area (Å²) in [5, 5.41) is 3.80. The van der Waals surface area contributed by atoms with Crippen molar-refractivity contribution in [1.29, 1.82) is 0 Å². The highest BCUT2D eigenvalue weighted by atomic mass is 16.5. The first-order valence-corrected chi connectivity index (χ1v) is 10.1. The molecule has 5 rings (SSSR count). The summed E-state index contributed by atoms with van der Waals surface area (Å²) in [5.74, 6) is 1.24. The molecule has 1 aliphatic heterocycles. The van der Waals surface area contributed by atoms with Crippen molar-refractivity contribution in [1.82, 2.24) is 15.3 Å². The Morgan fingerprint density at radius 2 is 1.87 bits per heavy atom. The van der Waals surface area contributed by atoms with Crippen LogP contribution in [0.5, 0.6) is 5.75 Å². The molecule has 0 unspecified atom stereocenters. The second kappa shape index (κ2) is 7.67. The molecular weight excluding hydrogens is 380 g/mol. The fourth-order valence-electron chi connectivity index (χ4n) is 3.92. The number of furan rings is 1. The van der Waals surface area contributed by atoms with Crippen LogP contribution in [-0.4, -0.2) is 36.1 Å². The maximum absolute atomic E-state index is 13.0. The lowest BCUT2D eigenvalue weighted by Crippen LogP contribution is -2.27. The molecule has 0 bridgehead atoms. The number of rotatable bonds is 5. The lowest BCUT2D eigenvalue weighted by Gasteiger charge is -2.17. The lowest BCUT2D eigenvalue weighted by atomic mass is 10.2. The first-order valence-electron chi connectivity index (χ1n) is 10.1. The van der Waals surface area contributed by atoms with Gasteiger partial charge < -0.3 is 19.4 Å². The van der Waals surface area contributed by atoms with Gasteiger partial charge in [0.05, 0.1) is 7.11 Å². The fourth-order valence-corrected chi connectivity index (χ4v) is 3.92. The third-order valence-corrected chi connectivity index (χ3v) is 5.44. The molecule has 1 aliphatic rings. The number of carbonyl (C=O) groups is 1. The average Bonchev–Trinajstić information content (AvgIpc) is 3.45. The number of hydrogen-bond donors (Lipinski definition) is 1. The van der Waals surface area contributed by atoms with Crippen LogP contribution in [0.15, 0.2) is 52.9 Å². The first-order chi connectivity index (χ1) is 14.7. The smallest absolute Gasteiger partial charge is 0.289 e. The van der Waals surface area contributed by atoms with Crippen LogP contribution in [0.3, 0.4) is 0 Å². The molecule has 0 atom stereocenters. The standard InChI is InChI=1S/C23H22N4O3/c1-29-17-10-4-2-8-15(17)14-24-23(28)21-25-19-16-9-3-5-11-18(16)30-20(19)22(26-21)27-12-6-7-13-27/h2-5,8-11H,6-7,12-14H2,1H3,(H,24,28). The van der Waals surface area contributed by atoms with E-state index in [0.717, 1.165) is 48.2 Å². The van der Waals surface area contributed by atoms with Crippen molar-refractivity contribution in [3.05, 3.63) is 59.9 Å². The highest BCUT2D eigenvalue weighted by Crippen LogP contribution is 2.34. The lowest BCUT2D eigenvalue weighted by molar-refractivity contribution is 0.0940. The van der Waals surface area contributed by atoms with Crippen LogP contribution in [-0.2, 0) is 6.54 Å². The van der Waals surface area contributed by atoms with Crippen molar-refractivity contribution in [3.63, 3.8) is 0 Å². The topological polar surface area (TPSA) is 80.5 Å². The fraction of sp³-hybridized carbons (Fsp3) is 0.261. The summed E-state index contributed by atoms with van der Waals surface area (Å²) in [5.41, 5.74) is 2.95. The van der Waals surface area contributed by atoms with Crippen molar-refractivity contribution in [2.45, 2.75) is 19.4 Å². The van der Waals surface area contributed by atoms with Crippen molar-refractivity contribution in [2.75, 3.05) is 25.1 Å². The Hall–Kier alpha value is -3.61. The second-order valence-electron chi connectivity index (χ2n) is 7.34. The molecule has 7 nitrogen and oxygen atoms in total. The number of amides is 1. The third-order valence-electron chi connectivity index (χ3n) is 5.44. The van der Waals surface area contributed by atoms with Gasteiger partial charge in [-0.1, -0.05) is 30.3 Å². The van der Waals surface area contributed by atoms with Crippen LogP contribution < -0.4 is 15.0 Å². The number of aromatic nitrogens is 2. The Morgan fingerprint density at radius 1 is 1.10 bits per heavy atom. The largest absolute Gasteiger partial charge is 0.496 e. The number of hydrogen-bond acceptors (Lipinski definition) is 6. The van der Waals surface area contributed by atoms with E-state index in [4.69, 9.17) is 9.15 Å². The van der Waals surface area contributed by atoms with E-state index >= 15 is 0 Å². The SMILES string of the molecule is COc1ccccc1CNC(=O)c1nc(N2CCCC2)c2oc3ccccc3c2n1. The molecule has 7 heteroatoms. The quantitative estimate of drug-likeness (QED) is 0.545. The molecule has 2 aromatic carbocycles. The minimum Gasteiger partial charge on any atom is -0.496 e. The van der Waals surface area contributed by atoms with E-state index < -0.39 is 0 Å². The molecule has 4 aromatic rings. The van der Waals surface area contributed by atoms with E-state index in [1.54, 1.807) is 7.11 Å². The third kappa shape index (κ3) is 3.22. The molecular formula is C23H22N4O3. The van der Waals surface area contributed by atoms with E-state index in [9.17, 15) is 4.79 Å². The number of nitrogens with zero attached hydrogens (tertiary/aromatic N) is 3. The molecule has 1 saturated heterocycles. The van der Waals surface area contributed by atoms with Gasteiger partial charge in [-0.2, -0.15) is 0 Å². The van der Waals surface area contributed by atoms with Gasteiger partial charge in [0.1, 0.15) is 16.8 Å². The van der Waals surface area contributed by atoms with Gasteiger partial charge >= 0.3 is 0 Å². The Balaban J connectivity index is 1.53. The van der Waals surface area contributed by atoms with E-state index in [2.05, 4.69) is 20.2 Å². The predicted octanol–water partition coefficient (Wildman–Crippen LogP) is 3.91. The van der Waals surface area contributed by atoms with Gasteiger partial charge in [0.2, 0.25) is 5.82 Å². The number of fused-ring (bicyclic) bond motifs is 3. The van der Waals surface area contributed by atoms with Crippen LogP contribution in [0.1, 0.15) is 29.0 Å². The van der Waals surface area contributed by atoms with Gasteiger partial charge in [-0.05, 0) is 31.0 Å². The Labute approximate surface area is 173 Å².